The van der Waals surface area contributed by atoms with E-state index in [4.69, 9.17) is 17.5 Å². The first-order valence-corrected chi connectivity index (χ1v) is 7.87. The van der Waals surface area contributed by atoms with Gasteiger partial charge in [0.15, 0.2) is 10.5 Å². The number of hydrazine groups is 1. The Labute approximate surface area is 120 Å². The molecule has 104 valence electrons. The predicted molar refractivity (Wildman–Crippen MR) is 82.7 cm³/mol. The lowest BCUT2D eigenvalue weighted by atomic mass is 10.1. The fraction of sp³-hybridized carbons (Fsp3) is 0.833. The lowest BCUT2D eigenvalue weighted by Crippen LogP contribution is -2.41. The molecule has 0 aliphatic heterocycles. The number of nitriles is 1. The van der Waals surface area contributed by atoms with Gasteiger partial charge in [0.1, 0.15) is 0 Å². The van der Waals surface area contributed by atoms with Crippen molar-refractivity contribution in [3.63, 3.8) is 0 Å². The van der Waals surface area contributed by atoms with Crippen molar-refractivity contribution in [3.05, 3.63) is 0 Å². The number of nitrogens with zero attached hydrogens (tertiary/aromatic N) is 1. The van der Waals surface area contributed by atoms with Crippen molar-refractivity contribution in [3.8, 4) is 5.40 Å². The summed E-state index contributed by atoms with van der Waals surface area (Å²) in [5.41, 5.74) is 5.86. The van der Waals surface area contributed by atoms with Gasteiger partial charge in [-0.3, -0.25) is 10.1 Å². The largest absolute Gasteiger partial charge is 0.298 e. The molecule has 0 fully saturated rings. The van der Waals surface area contributed by atoms with E-state index < -0.39 is 0 Å². The summed E-state index contributed by atoms with van der Waals surface area (Å²) in [6, 6.07) is 0. The van der Waals surface area contributed by atoms with Crippen LogP contribution in [0.15, 0.2) is 0 Å². The van der Waals surface area contributed by atoms with Gasteiger partial charge in [0, 0.05) is 6.54 Å². The van der Waals surface area contributed by atoms with Gasteiger partial charge in [-0.1, -0.05) is 51.9 Å². The molecule has 0 aliphatic rings. The Morgan fingerprint density at radius 1 is 1.11 bits per heavy atom. The van der Waals surface area contributed by atoms with Crippen LogP contribution in [0.25, 0.3) is 0 Å². The molecule has 0 rings (SSSR count). The zero-order chi connectivity index (χ0) is 13.5. The van der Waals surface area contributed by atoms with Crippen LogP contribution >= 0.6 is 24.2 Å². The van der Waals surface area contributed by atoms with Crippen LogP contribution in [0.2, 0.25) is 0 Å². The quantitative estimate of drug-likeness (QED) is 0.178. The first kappa shape index (κ1) is 17.5. The highest BCUT2D eigenvalue weighted by Crippen LogP contribution is 2.07. The Bertz CT molecular complexity index is 241. The Balaban J connectivity index is 3.07. The number of thiocyanates is 1. The highest BCUT2D eigenvalue weighted by atomic mass is 32.2. The van der Waals surface area contributed by atoms with Crippen LogP contribution in [-0.4, -0.2) is 11.7 Å². The van der Waals surface area contributed by atoms with Gasteiger partial charge in [0.05, 0.1) is 11.9 Å². The third-order valence-corrected chi connectivity index (χ3v) is 3.28. The van der Waals surface area contributed by atoms with E-state index in [0.29, 0.717) is 5.11 Å². The third kappa shape index (κ3) is 13.6. The molecule has 6 heteroatoms. The summed E-state index contributed by atoms with van der Waals surface area (Å²) in [6.45, 7) is 3.14. The molecule has 18 heavy (non-hydrogen) atoms. The molecular formula is C12H24N4S2. The van der Waals surface area contributed by atoms with E-state index in [0.717, 1.165) is 24.9 Å². The lowest BCUT2D eigenvalue weighted by molar-refractivity contribution is 0.546. The number of nitrogens with one attached hydrogen (secondary N) is 3. The maximum Gasteiger partial charge on any atom is 0.191 e. The summed E-state index contributed by atoms with van der Waals surface area (Å²) in [5.74, 6) is 0. The molecule has 0 aromatic heterocycles. The van der Waals surface area contributed by atoms with Crippen LogP contribution in [0, 0.1) is 10.7 Å². The average molecular weight is 288 g/mol. The van der Waals surface area contributed by atoms with Crippen molar-refractivity contribution in [1.29, 1.82) is 5.26 Å². The highest BCUT2D eigenvalue weighted by Gasteiger charge is 1.94. The average Bonchev–Trinajstić information content (AvgIpc) is 2.38. The highest BCUT2D eigenvalue weighted by molar-refractivity contribution is 8.03. The SMILES string of the molecule is CCCCCCCCCCNNC(=S)NSC#N. The van der Waals surface area contributed by atoms with E-state index in [1.165, 1.54) is 44.9 Å². The molecule has 0 aromatic carbocycles. The molecule has 0 saturated carbocycles. The van der Waals surface area contributed by atoms with Gasteiger partial charge >= 0.3 is 0 Å². The van der Waals surface area contributed by atoms with Gasteiger partial charge in [-0.25, -0.2) is 5.43 Å². The molecule has 0 amide bonds. The van der Waals surface area contributed by atoms with Gasteiger partial charge in [0.25, 0.3) is 0 Å². The predicted octanol–water partition coefficient (Wildman–Crippen LogP) is 3.23. The Hall–Kier alpha value is -0.510. The summed E-state index contributed by atoms with van der Waals surface area (Å²) in [5, 5.41) is 10.6. The standard InChI is InChI=1S/C12H24N4S2/c1-2-3-4-5-6-7-8-9-10-14-15-12(17)16-18-11-13/h14H,2-10H2,1H3,(H2,15,16,17). The lowest BCUT2D eigenvalue weighted by Gasteiger charge is -2.08. The third-order valence-electron chi connectivity index (χ3n) is 2.55. The van der Waals surface area contributed by atoms with Crippen molar-refractivity contribution in [2.24, 2.45) is 0 Å². The maximum absolute atomic E-state index is 8.30. The minimum atomic E-state index is 0.445. The van der Waals surface area contributed by atoms with Gasteiger partial charge in [-0.15, -0.1) is 0 Å². The molecule has 0 bridgehead atoms. The number of rotatable bonds is 11. The molecule has 0 spiro atoms. The second-order valence-electron chi connectivity index (χ2n) is 4.15. The van der Waals surface area contributed by atoms with Crippen molar-refractivity contribution < 1.29 is 0 Å². The maximum atomic E-state index is 8.30. The van der Waals surface area contributed by atoms with Crippen LogP contribution in [-0.2, 0) is 0 Å². The van der Waals surface area contributed by atoms with Crippen LogP contribution in [0.5, 0.6) is 0 Å². The summed E-state index contributed by atoms with van der Waals surface area (Å²) >= 11 is 5.83. The van der Waals surface area contributed by atoms with Gasteiger partial charge in [0.2, 0.25) is 0 Å². The second-order valence-corrected chi connectivity index (χ2v) is 5.15. The fourth-order valence-electron chi connectivity index (χ4n) is 1.58. The molecule has 0 heterocycles. The number of hydrogen-bond acceptors (Lipinski definition) is 4. The minimum Gasteiger partial charge on any atom is -0.298 e. The number of hydrogen-bond donors (Lipinski definition) is 3. The number of unbranched alkanes of at least 4 members (excludes halogenated alkanes) is 7. The first-order chi connectivity index (χ1) is 8.81. The summed E-state index contributed by atoms with van der Waals surface area (Å²) in [7, 11) is 0. The summed E-state index contributed by atoms with van der Waals surface area (Å²) in [6.07, 6.45) is 10.5. The Morgan fingerprint density at radius 3 is 2.33 bits per heavy atom. The molecule has 0 aromatic rings. The molecule has 4 nitrogen and oxygen atoms in total. The van der Waals surface area contributed by atoms with E-state index in [9.17, 15) is 0 Å². The monoisotopic (exact) mass is 288 g/mol. The summed E-state index contributed by atoms with van der Waals surface area (Å²) < 4.78 is 2.68. The molecule has 0 atom stereocenters. The van der Waals surface area contributed by atoms with Crippen LogP contribution < -0.4 is 15.6 Å². The van der Waals surface area contributed by atoms with Gasteiger partial charge in [-0.2, -0.15) is 5.26 Å². The molecular weight excluding hydrogens is 264 g/mol. The van der Waals surface area contributed by atoms with Crippen molar-refractivity contribution in [2.75, 3.05) is 6.54 Å². The van der Waals surface area contributed by atoms with Crippen LogP contribution in [0.1, 0.15) is 58.3 Å². The van der Waals surface area contributed by atoms with Gasteiger partial charge in [-0.05, 0) is 18.6 Å². The van der Waals surface area contributed by atoms with E-state index in [1.807, 2.05) is 5.40 Å². The number of thiocarbonyl (C=S) groups is 1. The summed E-state index contributed by atoms with van der Waals surface area (Å²) in [4.78, 5) is 0. The normalized spacial score (nSPS) is 9.78. The first-order valence-electron chi connectivity index (χ1n) is 6.65. The molecule has 0 unspecified atom stereocenters. The zero-order valence-corrected chi connectivity index (χ0v) is 12.8. The zero-order valence-electron chi connectivity index (χ0n) is 11.1. The molecule has 0 saturated heterocycles. The second kappa shape index (κ2) is 14.6. The van der Waals surface area contributed by atoms with E-state index in [-0.39, 0.29) is 0 Å². The molecule has 0 aliphatic carbocycles. The molecule has 0 radical (unpaired) electrons. The van der Waals surface area contributed by atoms with Crippen LogP contribution in [0.3, 0.4) is 0 Å². The van der Waals surface area contributed by atoms with Crippen molar-refractivity contribution in [2.45, 2.75) is 58.3 Å². The Morgan fingerprint density at radius 2 is 1.72 bits per heavy atom. The van der Waals surface area contributed by atoms with E-state index >= 15 is 0 Å². The fourth-order valence-corrected chi connectivity index (χ4v) is 1.97. The van der Waals surface area contributed by atoms with Crippen molar-refractivity contribution in [1.82, 2.24) is 15.6 Å². The smallest absolute Gasteiger partial charge is 0.191 e. The van der Waals surface area contributed by atoms with Crippen molar-refractivity contribution >= 4 is 29.3 Å². The van der Waals surface area contributed by atoms with E-state index in [2.05, 4.69) is 22.5 Å². The topological polar surface area (TPSA) is 59.9 Å². The minimum absolute atomic E-state index is 0.445. The Kier molecular flexibility index (Phi) is 14.1. The molecule has 3 N–H and O–H groups in total. The van der Waals surface area contributed by atoms with Gasteiger partial charge < -0.3 is 0 Å². The van der Waals surface area contributed by atoms with E-state index in [1.54, 1.807) is 0 Å². The van der Waals surface area contributed by atoms with Crippen LogP contribution in [0.4, 0.5) is 0 Å².